The minimum absolute atomic E-state index is 0.0994. The van der Waals surface area contributed by atoms with E-state index in [0.717, 1.165) is 29.6 Å². The summed E-state index contributed by atoms with van der Waals surface area (Å²) in [4.78, 5) is 0. The molecule has 18 heavy (non-hydrogen) atoms. The van der Waals surface area contributed by atoms with Crippen LogP contribution in [0.3, 0.4) is 0 Å². The van der Waals surface area contributed by atoms with Crippen molar-refractivity contribution in [1.29, 1.82) is 0 Å². The summed E-state index contributed by atoms with van der Waals surface area (Å²) in [5.74, 6) is 0.944. The molecule has 0 bridgehead atoms. The maximum atomic E-state index is 5.91. The van der Waals surface area contributed by atoms with Gasteiger partial charge in [-0.05, 0) is 25.6 Å². The highest BCUT2D eigenvalue weighted by atomic mass is 16.5. The van der Waals surface area contributed by atoms with E-state index >= 15 is 0 Å². The Bertz CT molecular complexity index is 459. The predicted octanol–water partition coefficient (Wildman–Crippen LogP) is 3.51. The first-order valence-electron chi connectivity index (χ1n) is 6.48. The van der Waals surface area contributed by atoms with Gasteiger partial charge in [0, 0.05) is 12.5 Å². The maximum Gasteiger partial charge on any atom is 0.134 e. The number of methoxy groups -OCH3 is 1. The van der Waals surface area contributed by atoms with E-state index in [4.69, 9.17) is 9.15 Å². The quantitative estimate of drug-likeness (QED) is 0.848. The van der Waals surface area contributed by atoms with Crippen molar-refractivity contribution < 1.29 is 9.15 Å². The fourth-order valence-electron chi connectivity index (χ4n) is 2.37. The standard InChI is InChI=1S/C15H21NO2/c1-4-7-13(17-3)15(16-2)14-10-11-8-5-6-9-12(11)18-14/h5-6,8-10,13,15-16H,4,7H2,1-3H3. The zero-order valence-electron chi connectivity index (χ0n) is 11.3. The fourth-order valence-corrected chi connectivity index (χ4v) is 2.37. The van der Waals surface area contributed by atoms with E-state index in [9.17, 15) is 0 Å². The van der Waals surface area contributed by atoms with E-state index < -0.39 is 0 Å². The van der Waals surface area contributed by atoms with Crippen molar-refractivity contribution in [2.75, 3.05) is 14.2 Å². The molecule has 98 valence electrons. The molecule has 0 aliphatic rings. The van der Waals surface area contributed by atoms with Crippen LogP contribution in [0, 0.1) is 0 Å². The van der Waals surface area contributed by atoms with Crippen molar-refractivity contribution in [3.8, 4) is 0 Å². The Morgan fingerprint density at radius 1 is 1.33 bits per heavy atom. The molecule has 1 aromatic carbocycles. The number of likely N-dealkylation sites (N-methyl/N-ethyl adjacent to an activating group) is 1. The van der Waals surface area contributed by atoms with Crippen molar-refractivity contribution >= 4 is 11.0 Å². The lowest BCUT2D eigenvalue weighted by molar-refractivity contribution is 0.0568. The van der Waals surface area contributed by atoms with Gasteiger partial charge in [-0.3, -0.25) is 0 Å². The molecule has 0 radical (unpaired) electrons. The lowest BCUT2D eigenvalue weighted by atomic mass is 10.0. The molecule has 0 saturated heterocycles. The van der Waals surface area contributed by atoms with Gasteiger partial charge in [-0.25, -0.2) is 0 Å². The Morgan fingerprint density at radius 3 is 2.72 bits per heavy atom. The molecule has 2 rings (SSSR count). The number of nitrogens with one attached hydrogen (secondary N) is 1. The minimum Gasteiger partial charge on any atom is -0.459 e. The number of benzene rings is 1. The molecular formula is C15H21NO2. The Labute approximate surface area is 108 Å². The van der Waals surface area contributed by atoms with Crippen LogP contribution in [-0.2, 0) is 4.74 Å². The van der Waals surface area contributed by atoms with Crippen LogP contribution in [0.5, 0.6) is 0 Å². The van der Waals surface area contributed by atoms with Crippen molar-refractivity contribution in [3.63, 3.8) is 0 Å². The molecule has 2 atom stereocenters. The van der Waals surface area contributed by atoms with Gasteiger partial charge < -0.3 is 14.5 Å². The van der Waals surface area contributed by atoms with Gasteiger partial charge in [0.15, 0.2) is 0 Å². The van der Waals surface area contributed by atoms with Crippen molar-refractivity contribution in [1.82, 2.24) is 5.32 Å². The molecule has 1 heterocycles. The summed E-state index contributed by atoms with van der Waals surface area (Å²) in [5, 5.41) is 4.43. The number of rotatable bonds is 6. The summed E-state index contributed by atoms with van der Waals surface area (Å²) < 4.78 is 11.5. The fraction of sp³-hybridized carbons (Fsp3) is 0.467. The van der Waals surface area contributed by atoms with Gasteiger partial charge in [-0.15, -0.1) is 0 Å². The molecule has 3 nitrogen and oxygen atoms in total. The number of ether oxygens (including phenoxy) is 1. The monoisotopic (exact) mass is 247 g/mol. The van der Waals surface area contributed by atoms with E-state index in [1.807, 2.05) is 25.2 Å². The van der Waals surface area contributed by atoms with Crippen molar-refractivity contribution in [3.05, 3.63) is 36.1 Å². The Morgan fingerprint density at radius 2 is 2.11 bits per heavy atom. The average Bonchev–Trinajstić information content (AvgIpc) is 2.82. The topological polar surface area (TPSA) is 34.4 Å². The van der Waals surface area contributed by atoms with Crippen LogP contribution in [0.25, 0.3) is 11.0 Å². The van der Waals surface area contributed by atoms with Crippen LogP contribution >= 0.6 is 0 Å². The number of fused-ring (bicyclic) bond motifs is 1. The third-order valence-electron chi connectivity index (χ3n) is 3.31. The van der Waals surface area contributed by atoms with E-state index in [0.29, 0.717) is 0 Å². The molecule has 2 unspecified atom stereocenters. The second-order valence-electron chi connectivity index (χ2n) is 4.52. The van der Waals surface area contributed by atoms with Crippen LogP contribution in [-0.4, -0.2) is 20.3 Å². The molecule has 1 N–H and O–H groups in total. The molecule has 0 amide bonds. The number of para-hydroxylation sites is 1. The van der Waals surface area contributed by atoms with Crippen LogP contribution in [0.4, 0.5) is 0 Å². The number of furan rings is 1. The summed E-state index contributed by atoms with van der Waals surface area (Å²) in [5.41, 5.74) is 0.930. The summed E-state index contributed by atoms with van der Waals surface area (Å²) in [6, 6.07) is 10.3. The zero-order valence-corrected chi connectivity index (χ0v) is 11.3. The Hall–Kier alpha value is -1.32. The zero-order chi connectivity index (χ0) is 13.0. The van der Waals surface area contributed by atoms with Crippen LogP contribution in [0.2, 0.25) is 0 Å². The van der Waals surface area contributed by atoms with Crippen LogP contribution in [0.15, 0.2) is 34.7 Å². The summed E-state index contributed by atoms with van der Waals surface area (Å²) in [6.45, 7) is 2.16. The van der Waals surface area contributed by atoms with Gasteiger partial charge in [0.1, 0.15) is 11.3 Å². The maximum absolute atomic E-state index is 5.91. The summed E-state index contributed by atoms with van der Waals surface area (Å²) in [7, 11) is 3.70. The minimum atomic E-state index is 0.0994. The van der Waals surface area contributed by atoms with E-state index in [-0.39, 0.29) is 12.1 Å². The van der Waals surface area contributed by atoms with Gasteiger partial charge in [-0.2, -0.15) is 0 Å². The average molecular weight is 247 g/mol. The molecule has 0 aliphatic heterocycles. The highest BCUT2D eigenvalue weighted by molar-refractivity contribution is 5.77. The second kappa shape index (κ2) is 6.03. The molecule has 0 saturated carbocycles. The van der Waals surface area contributed by atoms with Crippen molar-refractivity contribution in [2.24, 2.45) is 0 Å². The Kier molecular flexibility index (Phi) is 4.39. The lowest BCUT2D eigenvalue weighted by Gasteiger charge is -2.23. The van der Waals surface area contributed by atoms with Crippen LogP contribution < -0.4 is 5.32 Å². The van der Waals surface area contributed by atoms with Gasteiger partial charge in [-0.1, -0.05) is 31.5 Å². The highest BCUT2D eigenvalue weighted by Gasteiger charge is 2.24. The smallest absolute Gasteiger partial charge is 0.134 e. The van der Waals surface area contributed by atoms with Gasteiger partial charge in [0.05, 0.1) is 12.1 Å². The predicted molar refractivity (Wildman–Crippen MR) is 73.7 cm³/mol. The number of hydrogen-bond donors (Lipinski definition) is 1. The molecule has 1 aromatic heterocycles. The molecule has 2 aromatic rings. The summed E-state index contributed by atoms with van der Waals surface area (Å²) in [6.07, 6.45) is 2.25. The lowest BCUT2D eigenvalue weighted by Crippen LogP contribution is -2.30. The SMILES string of the molecule is CCCC(OC)C(NC)c1cc2ccccc2o1. The van der Waals surface area contributed by atoms with Crippen LogP contribution in [0.1, 0.15) is 31.6 Å². The molecule has 0 fully saturated rings. The van der Waals surface area contributed by atoms with E-state index in [1.54, 1.807) is 7.11 Å². The summed E-state index contributed by atoms with van der Waals surface area (Å²) >= 11 is 0. The van der Waals surface area contributed by atoms with Gasteiger partial charge in [0.2, 0.25) is 0 Å². The first kappa shape index (κ1) is 13.1. The first-order valence-corrected chi connectivity index (χ1v) is 6.48. The largest absolute Gasteiger partial charge is 0.459 e. The Balaban J connectivity index is 2.30. The number of hydrogen-bond acceptors (Lipinski definition) is 3. The van der Waals surface area contributed by atoms with E-state index in [1.165, 1.54) is 0 Å². The third-order valence-corrected chi connectivity index (χ3v) is 3.31. The highest BCUT2D eigenvalue weighted by Crippen LogP contribution is 2.28. The van der Waals surface area contributed by atoms with E-state index in [2.05, 4.69) is 24.4 Å². The van der Waals surface area contributed by atoms with Gasteiger partial charge >= 0.3 is 0 Å². The normalized spacial score (nSPS) is 14.8. The molecule has 0 aliphatic carbocycles. The molecule has 3 heteroatoms. The van der Waals surface area contributed by atoms with Crippen molar-refractivity contribution in [2.45, 2.75) is 31.9 Å². The third kappa shape index (κ3) is 2.57. The molecular weight excluding hydrogens is 226 g/mol. The van der Waals surface area contributed by atoms with Gasteiger partial charge in [0.25, 0.3) is 0 Å². The molecule has 0 spiro atoms. The second-order valence-corrected chi connectivity index (χ2v) is 4.52. The first-order chi connectivity index (χ1) is 8.80.